The van der Waals surface area contributed by atoms with Crippen molar-refractivity contribution in [3.05, 3.63) is 18.3 Å². The Kier molecular flexibility index (Phi) is 4.24. The van der Waals surface area contributed by atoms with Crippen molar-refractivity contribution < 1.29 is 4.79 Å². The lowest BCUT2D eigenvalue weighted by molar-refractivity contribution is -0.126. The molecule has 0 radical (unpaired) electrons. The smallest absolute Gasteiger partial charge is 0.237 e. The minimum Gasteiger partial charge on any atom is -0.384 e. The first-order valence-corrected chi connectivity index (χ1v) is 7.72. The van der Waals surface area contributed by atoms with Crippen molar-refractivity contribution in [3.63, 3.8) is 0 Å². The van der Waals surface area contributed by atoms with Crippen LogP contribution >= 0.6 is 0 Å². The predicted octanol–water partition coefficient (Wildman–Crippen LogP) is 0.454. The van der Waals surface area contributed by atoms with Gasteiger partial charge in [-0.05, 0) is 31.4 Å². The highest BCUT2D eigenvalue weighted by atomic mass is 16.2. The second kappa shape index (κ2) is 6.30. The number of carbonyl (C=O) groups is 1. The molecule has 1 atom stereocenters. The van der Waals surface area contributed by atoms with Gasteiger partial charge in [0.05, 0.1) is 17.9 Å². The number of amides is 1. The molecule has 21 heavy (non-hydrogen) atoms. The molecule has 0 saturated carbocycles. The minimum absolute atomic E-state index is 0.0548. The van der Waals surface area contributed by atoms with Crippen molar-refractivity contribution in [2.45, 2.75) is 25.3 Å². The number of nitrogens with one attached hydrogen (secondary N) is 1. The van der Waals surface area contributed by atoms with Gasteiger partial charge in [0.1, 0.15) is 5.82 Å². The van der Waals surface area contributed by atoms with E-state index in [-0.39, 0.29) is 11.9 Å². The Morgan fingerprint density at radius 1 is 1.19 bits per heavy atom. The average Bonchev–Trinajstić information content (AvgIpc) is 2.73. The van der Waals surface area contributed by atoms with Gasteiger partial charge in [-0.15, -0.1) is 0 Å². The van der Waals surface area contributed by atoms with Crippen LogP contribution in [0.25, 0.3) is 0 Å². The topological polar surface area (TPSA) is 74.5 Å². The van der Waals surface area contributed by atoms with Crippen molar-refractivity contribution in [1.82, 2.24) is 15.2 Å². The van der Waals surface area contributed by atoms with Gasteiger partial charge in [-0.2, -0.15) is 0 Å². The zero-order chi connectivity index (χ0) is 14.7. The summed E-state index contributed by atoms with van der Waals surface area (Å²) in [6, 6.07) is 3.90. The summed E-state index contributed by atoms with van der Waals surface area (Å²) in [6.45, 7) is 4.52. The monoisotopic (exact) mass is 289 g/mol. The summed E-state index contributed by atoms with van der Waals surface area (Å²) in [7, 11) is 0. The molecule has 0 spiro atoms. The summed E-state index contributed by atoms with van der Waals surface area (Å²) in [5.74, 6) is 0.752. The lowest BCUT2D eigenvalue weighted by Crippen LogP contribution is -2.54. The number of nitrogens with zero attached hydrogens (tertiary/aromatic N) is 3. The third-order valence-corrected chi connectivity index (χ3v) is 4.40. The summed E-state index contributed by atoms with van der Waals surface area (Å²) < 4.78 is 0. The van der Waals surface area contributed by atoms with Gasteiger partial charge in [0.2, 0.25) is 5.91 Å². The SMILES string of the molecule is Nc1ccc(N2CCN(C3CCCCNC3=O)CC2)cn1. The van der Waals surface area contributed by atoms with E-state index in [1.165, 1.54) is 0 Å². The summed E-state index contributed by atoms with van der Waals surface area (Å²) in [6.07, 6.45) is 5.03. The maximum absolute atomic E-state index is 12.1. The van der Waals surface area contributed by atoms with Crippen LogP contribution in [0.15, 0.2) is 18.3 Å². The van der Waals surface area contributed by atoms with Gasteiger partial charge in [-0.3, -0.25) is 9.69 Å². The fourth-order valence-electron chi connectivity index (χ4n) is 3.15. The number of hydrogen-bond donors (Lipinski definition) is 2. The molecule has 2 aliphatic heterocycles. The van der Waals surface area contributed by atoms with E-state index in [2.05, 4.69) is 20.1 Å². The molecule has 2 aliphatic rings. The molecule has 0 aliphatic carbocycles. The first-order chi connectivity index (χ1) is 10.2. The molecular weight excluding hydrogens is 266 g/mol. The normalized spacial score (nSPS) is 24.5. The van der Waals surface area contributed by atoms with Gasteiger partial charge in [0, 0.05) is 32.7 Å². The Bertz CT molecular complexity index is 481. The van der Waals surface area contributed by atoms with Crippen molar-refractivity contribution >= 4 is 17.4 Å². The van der Waals surface area contributed by atoms with Crippen LogP contribution in [-0.2, 0) is 4.79 Å². The van der Waals surface area contributed by atoms with Crippen molar-refractivity contribution in [2.24, 2.45) is 0 Å². The quantitative estimate of drug-likeness (QED) is 0.827. The van der Waals surface area contributed by atoms with Crippen LogP contribution in [0.3, 0.4) is 0 Å². The molecule has 1 aromatic rings. The molecule has 6 nitrogen and oxygen atoms in total. The molecule has 0 bridgehead atoms. The fraction of sp³-hybridized carbons (Fsp3) is 0.600. The van der Waals surface area contributed by atoms with E-state index in [1.54, 1.807) is 0 Å². The second-order valence-electron chi connectivity index (χ2n) is 5.77. The first kappa shape index (κ1) is 14.1. The van der Waals surface area contributed by atoms with Crippen LogP contribution in [0.2, 0.25) is 0 Å². The van der Waals surface area contributed by atoms with Gasteiger partial charge in [-0.25, -0.2) is 4.98 Å². The third-order valence-electron chi connectivity index (χ3n) is 4.40. The Labute approximate surface area is 125 Å². The van der Waals surface area contributed by atoms with E-state index in [0.29, 0.717) is 5.82 Å². The Hall–Kier alpha value is -1.82. The van der Waals surface area contributed by atoms with Crippen molar-refractivity contribution in [1.29, 1.82) is 0 Å². The lowest BCUT2D eigenvalue weighted by Gasteiger charge is -2.39. The number of piperazine rings is 1. The van der Waals surface area contributed by atoms with Crippen molar-refractivity contribution in [3.8, 4) is 0 Å². The predicted molar refractivity (Wildman–Crippen MR) is 83.1 cm³/mol. The van der Waals surface area contributed by atoms with E-state index >= 15 is 0 Å². The summed E-state index contributed by atoms with van der Waals surface area (Å²) in [5, 5.41) is 3.02. The van der Waals surface area contributed by atoms with Crippen molar-refractivity contribution in [2.75, 3.05) is 43.4 Å². The number of nitrogen functional groups attached to an aromatic ring is 1. The molecule has 2 saturated heterocycles. The van der Waals surface area contributed by atoms with Gasteiger partial charge in [0.25, 0.3) is 0 Å². The number of anilines is 2. The van der Waals surface area contributed by atoms with Gasteiger partial charge < -0.3 is 16.0 Å². The molecule has 3 rings (SSSR count). The van der Waals surface area contributed by atoms with Crippen LogP contribution in [0.5, 0.6) is 0 Å². The summed E-state index contributed by atoms with van der Waals surface area (Å²) >= 11 is 0. The van der Waals surface area contributed by atoms with Gasteiger partial charge in [0.15, 0.2) is 0 Å². The largest absolute Gasteiger partial charge is 0.384 e. The Morgan fingerprint density at radius 2 is 2.00 bits per heavy atom. The molecule has 3 heterocycles. The molecule has 2 fully saturated rings. The van der Waals surface area contributed by atoms with E-state index in [9.17, 15) is 4.79 Å². The zero-order valence-electron chi connectivity index (χ0n) is 12.3. The number of pyridine rings is 1. The average molecular weight is 289 g/mol. The molecule has 1 amide bonds. The molecule has 1 aromatic heterocycles. The molecule has 0 aromatic carbocycles. The summed E-state index contributed by atoms with van der Waals surface area (Å²) in [5.41, 5.74) is 6.73. The van der Waals surface area contributed by atoms with E-state index < -0.39 is 0 Å². The lowest BCUT2D eigenvalue weighted by atomic mass is 10.1. The molecule has 114 valence electrons. The number of rotatable bonds is 2. The van der Waals surface area contributed by atoms with Crippen LogP contribution in [0.4, 0.5) is 11.5 Å². The maximum atomic E-state index is 12.1. The van der Waals surface area contributed by atoms with Gasteiger partial charge in [-0.1, -0.05) is 0 Å². The van der Waals surface area contributed by atoms with E-state index in [1.807, 2.05) is 18.3 Å². The van der Waals surface area contributed by atoms with E-state index in [0.717, 1.165) is 57.7 Å². The first-order valence-electron chi connectivity index (χ1n) is 7.72. The fourth-order valence-corrected chi connectivity index (χ4v) is 3.15. The van der Waals surface area contributed by atoms with Crippen LogP contribution in [0, 0.1) is 0 Å². The number of hydrogen-bond acceptors (Lipinski definition) is 5. The number of carbonyl (C=O) groups excluding carboxylic acids is 1. The number of nitrogens with two attached hydrogens (primary N) is 1. The standard InChI is InChI=1S/C15H23N5O/c16-14-5-4-12(11-18-14)19-7-9-20(10-8-19)13-3-1-2-6-17-15(13)21/h4-5,11,13H,1-3,6-10H2,(H2,16,18)(H,17,21). The van der Waals surface area contributed by atoms with Gasteiger partial charge >= 0.3 is 0 Å². The molecular formula is C15H23N5O. The Balaban J connectivity index is 1.59. The number of aromatic nitrogens is 1. The molecule has 1 unspecified atom stereocenters. The summed E-state index contributed by atoms with van der Waals surface area (Å²) in [4.78, 5) is 20.9. The van der Waals surface area contributed by atoms with E-state index in [4.69, 9.17) is 5.73 Å². The third kappa shape index (κ3) is 3.26. The molecule has 6 heteroatoms. The van der Waals surface area contributed by atoms with Crippen LogP contribution < -0.4 is 16.0 Å². The van der Waals surface area contributed by atoms with Crippen LogP contribution in [0.1, 0.15) is 19.3 Å². The minimum atomic E-state index is 0.0548. The Morgan fingerprint density at radius 3 is 2.71 bits per heavy atom. The highest BCUT2D eigenvalue weighted by Gasteiger charge is 2.29. The zero-order valence-corrected chi connectivity index (χ0v) is 12.3. The highest BCUT2D eigenvalue weighted by Crippen LogP contribution is 2.19. The van der Waals surface area contributed by atoms with Crippen LogP contribution in [-0.4, -0.2) is 54.6 Å². The second-order valence-corrected chi connectivity index (χ2v) is 5.77. The highest BCUT2D eigenvalue weighted by molar-refractivity contribution is 5.82. The molecule has 3 N–H and O–H groups in total. The maximum Gasteiger partial charge on any atom is 0.237 e.